The maximum atomic E-state index is 6.07. The monoisotopic (exact) mass is 301 g/mol. The summed E-state index contributed by atoms with van der Waals surface area (Å²) in [6.45, 7) is 3.05. The summed E-state index contributed by atoms with van der Waals surface area (Å²) in [5.74, 6) is 0. The number of rotatable bonds is 5. The smallest absolute Gasteiger partial charge is 0.0704 e. The summed E-state index contributed by atoms with van der Waals surface area (Å²) in [5.41, 5.74) is 1.07. The normalized spacial score (nSPS) is 12.6. The van der Waals surface area contributed by atoms with Crippen molar-refractivity contribution < 1.29 is 0 Å². The van der Waals surface area contributed by atoms with Crippen molar-refractivity contribution in [1.29, 1.82) is 0 Å². The fourth-order valence-electron chi connectivity index (χ4n) is 1.67. The highest BCUT2D eigenvalue weighted by Crippen LogP contribution is 2.29. The van der Waals surface area contributed by atoms with Crippen molar-refractivity contribution in [2.45, 2.75) is 19.4 Å². The van der Waals surface area contributed by atoms with Gasteiger partial charge in [0.1, 0.15) is 0 Å². The number of nitrogens with zero attached hydrogens (tertiary/aromatic N) is 2. The van der Waals surface area contributed by atoms with Crippen LogP contribution in [-0.2, 0) is 0 Å². The average Bonchev–Trinajstić information content (AvgIpc) is 2.88. The van der Waals surface area contributed by atoms with Crippen LogP contribution >= 0.6 is 34.7 Å². The van der Waals surface area contributed by atoms with Crippen molar-refractivity contribution in [3.05, 3.63) is 44.9 Å². The van der Waals surface area contributed by atoms with Gasteiger partial charge < -0.3 is 5.32 Å². The lowest BCUT2D eigenvalue weighted by atomic mass is 10.1. The highest BCUT2D eigenvalue weighted by Gasteiger charge is 2.16. The molecule has 1 N–H and O–H groups in total. The molecule has 1 aromatic heterocycles. The van der Waals surface area contributed by atoms with Gasteiger partial charge in [-0.2, -0.15) is 0 Å². The maximum Gasteiger partial charge on any atom is 0.0704 e. The highest BCUT2D eigenvalue weighted by molar-refractivity contribution is 7.05. The number of aromatic nitrogens is 2. The van der Waals surface area contributed by atoms with E-state index in [0.29, 0.717) is 10.0 Å². The van der Waals surface area contributed by atoms with Crippen LogP contribution in [0.3, 0.4) is 0 Å². The summed E-state index contributed by atoms with van der Waals surface area (Å²) in [5, 5.41) is 8.48. The molecule has 0 saturated heterocycles. The predicted molar refractivity (Wildman–Crippen MR) is 76.5 cm³/mol. The van der Waals surface area contributed by atoms with Gasteiger partial charge in [-0.15, -0.1) is 5.10 Å². The first kappa shape index (κ1) is 13.7. The SMILES string of the molecule is CCCNC(c1ccc(Cl)c(Cl)c1)c1cnns1. The zero-order valence-electron chi connectivity index (χ0n) is 9.86. The average molecular weight is 302 g/mol. The molecule has 0 aliphatic rings. The Balaban J connectivity index is 2.30. The minimum absolute atomic E-state index is 0.0692. The van der Waals surface area contributed by atoms with E-state index in [-0.39, 0.29) is 6.04 Å². The predicted octanol–water partition coefficient (Wildman–Crippen LogP) is 3.93. The van der Waals surface area contributed by atoms with E-state index < -0.39 is 0 Å². The van der Waals surface area contributed by atoms with E-state index in [0.717, 1.165) is 23.4 Å². The second kappa shape index (κ2) is 6.48. The van der Waals surface area contributed by atoms with Gasteiger partial charge >= 0.3 is 0 Å². The summed E-state index contributed by atoms with van der Waals surface area (Å²) in [6, 6.07) is 5.74. The zero-order valence-corrected chi connectivity index (χ0v) is 12.2. The molecule has 2 aromatic rings. The molecule has 1 heterocycles. The third-order valence-corrected chi connectivity index (χ3v) is 4.01. The lowest BCUT2D eigenvalue weighted by Gasteiger charge is -2.17. The van der Waals surface area contributed by atoms with E-state index in [1.54, 1.807) is 6.20 Å². The van der Waals surface area contributed by atoms with Crippen LogP contribution in [0.15, 0.2) is 24.4 Å². The van der Waals surface area contributed by atoms with E-state index in [2.05, 4.69) is 21.8 Å². The largest absolute Gasteiger partial charge is 0.305 e. The van der Waals surface area contributed by atoms with Crippen molar-refractivity contribution in [2.24, 2.45) is 0 Å². The van der Waals surface area contributed by atoms with E-state index >= 15 is 0 Å². The first-order chi connectivity index (χ1) is 8.72. The fraction of sp³-hybridized carbons (Fsp3) is 0.333. The van der Waals surface area contributed by atoms with Gasteiger partial charge in [-0.1, -0.05) is 40.7 Å². The summed E-state index contributed by atoms with van der Waals surface area (Å²) >= 11 is 13.4. The van der Waals surface area contributed by atoms with Crippen LogP contribution in [0.4, 0.5) is 0 Å². The van der Waals surface area contributed by atoms with Crippen molar-refractivity contribution >= 4 is 34.7 Å². The molecule has 1 unspecified atom stereocenters. The third-order valence-electron chi connectivity index (χ3n) is 2.54. The van der Waals surface area contributed by atoms with Crippen LogP contribution in [0.1, 0.15) is 29.8 Å². The van der Waals surface area contributed by atoms with Gasteiger partial charge in [-0.05, 0) is 42.2 Å². The number of hydrogen-bond acceptors (Lipinski definition) is 4. The minimum atomic E-state index is 0.0692. The minimum Gasteiger partial charge on any atom is -0.305 e. The van der Waals surface area contributed by atoms with E-state index in [4.69, 9.17) is 23.2 Å². The van der Waals surface area contributed by atoms with E-state index in [9.17, 15) is 0 Å². The Kier molecular flexibility index (Phi) is 4.95. The molecule has 0 aliphatic heterocycles. The Bertz CT molecular complexity index is 502. The maximum absolute atomic E-state index is 6.07. The second-order valence-corrected chi connectivity index (χ2v) is 5.51. The van der Waals surface area contributed by atoms with Crippen molar-refractivity contribution in [3.63, 3.8) is 0 Å². The van der Waals surface area contributed by atoms with Gasteiger partial charge in [0.05, 0.1) is 27.2 Å². The molecule has 0 aliphatic carbocycles. The molecule has 0 radical (unpaired) electrons. The second-order valence-electron chi connectivity index (χ2n) is 3.88. The van der Waals surface area contributed by atoms with Crippen LogP contribution in [0.5, 0.6) is 0 Å². The number of hydrogen-bond donors (Lipinski definition) is 1. The molecule has 0 saturated carbocycles. The molecule has 2 rings (SSSR count). The van der Waals surface area contributed by atoms with Gasteiger partial charge in [-0.25, -0.2) is 0 Å². The van der Waals surface area contributed by atoms with Gasteiger partial charge in [-0.3, -0.25) is 0 Å². The molecule has 0 bridgehead atoms. The van der Waals surface area contributed by atoms with Crippen LogP contribution in [0.2, 0.25) is 10.0 Å². The standard InChI is InChI=1S/C12H13Cl2N3S/c1-2-5-15-12(11-7-16-17-18-11)8-3-4-9(13)10(14)6-8/h3-4,6-7,12,15H,2,5H2,1H3. The van der Waals surface area contributed by atoms with Gasteiger partial charge in [0.2, 0.25) is 0 Å². The number of benzene rings is 1. The molecular formula is C12H13Cl2N3S. The highest BCUT2D eigenvalue weighted by atomic mass is 35.5. The molecule has 96 valence electrons. The Morgan fingerprint density at radius 1 is 1.33 bits per heavy atom. The summed E-state index contributed by atoms with van der Waals surface area (Å²) < 4.78 is 3.91. The quantitative estimate of drug-likeness (QED) is 0.909. The summed E-state index contributed by atoms with van der Waals surface area (Å²) in [6.07, 6.45) is 2.84. The summed E-state index contributed by atoms with van der Waals surface area (Å²) in [4.78, 5) is 1.07. The molecule has 6 heteroatoms. The first-order valence-corrected chi connectivity index (χ1v) is 7.21. The Labute approximate surface area is 120 Å². The lowest BCUT2D eigenvalue weighted by molar-refractivity contribution is 0.605. The van der Waals surface area contributed by atoms with Crippen molar-refractivity contribution in [1.82, 2.24) is 14.9 Å². The van der Waals surface area contributed by atoms with E-state index in [1.807, 2.05) is 18.2 Å². The van der Waals surface area contributed by atoms with Crippen molar-refractivity contribution in [3.8, 4) is 0 Å². The molecule has 0 fully saturated rings. The topological polar surface area (TPSA) is 37.8 Å². The van der Waals surface area contributed by atoms with Crippen LogP contribution in [0, 0.1) is 0 Å². The van der Waals surface area contributed by atoms with Gasteiger partial charge in [0.15, 0.2) is 0 Å². The Hall–Kier alpha value is -0.680. The zero-order chi connectivity index (χ0) is 13.0. The molecular weight excluding hydrogens is 289 g/mol. The molecule has 0 spiro atoms. The Morgan fingerprint density at radius 3 is 2.78 bits per heavy atom. The molecule has 1 atom stereocenters. The fourth-order valence-corrected chi connectivity index (χ4v) is 2.58. The van der Waals surface area contributed by atoms with Gasteiger partial charge in [0.25, 0.3) is 0 Å². The molecule has 3 nitrogen and oxygen atoms in total. The summed E-state index contributed by atoms with van der Waals surface area (Å²) in [7, 11) is 0. The first-order valence-electron chi connectivity index (χ1n) is 5.68. The number of nitrogens with one attached hydrogen (secondary N) is 1. The third kappa shape index (κ3) is 3.20. The van der Waals surface area contributed by atoms with Crippen LogP contribution in [-0.4, -0.2) is 16.1 Å². The van der Waals surface area contributed by atoms with Crippen LogP contribution < -0.4 is 5.32 Å². The Morgan fingerprint density at radius 2 is 2.17 bits per heavy atom. The number of halogens is 2. The van der Waals surface area contributed by atoms with E-state index in [1.165, 1.54) is 11.5 Å². The van der Waals surface area contributed by atoms with Crippen LogP contribution in [0.25, 0.3) is 0 Å². The molecule has 18 heavy (non-hydrogen) atoms. The molecule has 0 amide bonds. The van der Waals surface area contributed by atoms with Crippen molar-refractivity contribution in [2.75, 3.05) is 6.54 Å². The lowest BCUT2D eigenvalue weighted by Crippen LogP contribution is -2.22. The molecule has 1 aromatic carbocycles. The van der Waals surface area contributed by atoms with Gasteiger partial charge in [0, 0.05) is 0 Å².